The monoisotopic (exact) mass is 419 g/mol. The summed E-state index contributed by atoms with van der Waals surface area (Å²) in [7, 11) is 1.37. The van der Waals surface area contributed by atoms with Crippen molar-refractivity contribution in [2.75, 3.05) is 29.9 Å². The molecule has 5 rings (SSSR count). The normalized spacial score (nSPS) is 21.4. The summed E-state index contributed by atoms with van der Waals surface area (Å²) >= 11 is 0. The van der Waals surface area contributed by atoms with Crippen LogP contribution >= 0.6 is 0 Å². The summed E-state index contributed by atoms with van der Waals surface area (Å²) in [5, 5.41) is 13.8. The fourth-order valence-electron chi connectivity index (χ4n) is 4.37. The number of piperidine rings is 1. The molecule has 11 heteroatoms. The van der Waals surface area contributed by atoms with E-state index in [0.29, 0.717) is 17.5 Å². The second-order valence-electron chi connectivity index (χ2n) is 7.83. The summed E-state index contributed by atoms with van der Waals surface area (Å²) in [5.74, 6) is 0.640. The number of fused-ring (bicyclic) bond motifs is 3. The van der Waals surface area contributed by atoms with Gasteiger partial charge in [0.2, 0.25) is 0 Å². The highest BCUT2D eigenvalue weighted by molar-refractivity contribution is 6.04. The summed E-state index contributed by atoms with van der Waals surface area (Å²) in [6, 6.07) is 7.39. The van der Waals surface area contributed by atoms with Gasteiger partial charge in [-0.05, 0) is 43.1 Å². The van der Waals surface area contributed by atoms with Crippen molar-refractivity contribution in [2.24, 2.45) is 13.0 Å². The summed E-state index contributed by atoms with van der Waals surface area (Å²) in [5.41, 5.74) is -0.680. The van der Waals surface area contributed by atoms with E-state index in [9.17, 15) is 18.0 Å². The van der Waals surface area contributed by atoms with Gasteiger partial charge in [0.15, 0.2) is 5.69 Å². The van der Waals surface area contributed by atoms with Crippen LogP contribution in [0.1, 0.15) is 22.6 Å². The SMILES string of the molecule is Cn1cc(NC(=O)c2ccc3ccc(N4CC5CNCC4C5)nn23)c(C(F)(F)F)n1. The molecule has 2 bridgehead atoms. The van der Waals surface area contributed by atoms with E-state index < -0.39 is 17.8 Å². The third kappa shape index (κ3) is 3.18. The highest BCUT2D eigenvalue weighted by atomic mass is 19.4. The Hall–Kier alpha value is -3.08. The highest BCUT2D eigenvalue weighted by Gasteiger charge is 2.38. The third-order valence-corrected chi connectivity index (χ3v) is 5.68. The molecule has 2 N–H and O–H groups in total. The summed E-state index contributed by atoms with van der Waals surface area (Å²) in [6.07, 6.45) is -2.43. The molecule has 5 heterocycles. The molecule has 3 aromatic heterocycles. The van der Waals surface area contributed by atoms with E-state index in [1.165, 1.54) is 11.6 Å². The predicted molar refractivity (Wildman–Crippen MR) is 103 cm³/mol. The van der Waals surface area contributed by atoms with Gasteiger partial charge in [0.05, 0.1) is 11.2 Å². The predicted octanol–water partition coefficient (Wildman–Crippen LogP) is 2.14. The summed E-state index contributed by atoms with van der Waals surface area (Å²) < 4.78 is 42.0. The van der Waals surface area contributed by atoms with E-state index in [1.54, 1.807) is 12.1 Å². The number of nitrogens with one attached hydrogen (secondary N) is 2. The standard InChI is InChI=1S/C19H20F3N7O/c1-27-10-14(17(26-27)19(20,21)22)24-18(30)15-4-2-12-3-5-16(25-29(12)15)28-9-11-6-13(28)8-23-7-11/h2-5,10-11,13,23H,6-9H2,1H3,(H,24,30). The molecule has 0 spiro atoms. The van der Waals surface area contributed by atoms with E-state index in [0.717, 1.165) is 42.8 Å². The Labute approximate surface area is 169 Å². The van der Waals surface area contributed by atoms with Gasteiger partial charge in [-0.2, -0.15) is 18.3 Å². The van der Waals surface area contributed by atoms with Gasteiger partial charge in [-0.25, -0.2) is 4.52 Å². The lowest BCUT2D eigenvalue weighted by Gasteiger charge is -2.25. The van der Waals surface area contributed by atoms with Gasteiger partial charge in [-0.3, -0.25) is 9.48 Å². The molecule has 3 aromatic rings. The Balaban J connectivity index is 1.46. The Bertz CT molecular complexity index is 1120. The van der Waals surface area contributed by atoms with E-state index in [1.807, 2.05) is 12.1 Å². The van der Waals surface area contributed by atoms with Gasteiger partial charge in [-0.1, -0.05) is 0 Å². The molecular weight excluding hydrogens is 399 g/mol. The van der Waals surface area contributed by atoms with Crippen LogP contribution < -0.4 is 15.5 Å². The molecule has 0 aliphatic carbocycles. The number of hydrogen-bond donors (Lipinski definition) is 2. The Kier molecular flexibility index (Phi) is 4.24. The zero-order valence-corrected chi connectivity index (χ0v) is 16.1. The van der Waals surface area contributed by atoms with Crippen LogP contribution in [0.15, 0.2) is 30.5 Å². The average molecular weight is 419 g/mol. The second-order valence-corrected chi connectivity index (χ2v) is 7.83. The third-order valence-electron chi connectivity index (χ3n) is 5.68. The number of hydrogen-bond acceptors (Lipinski definition) is 5. The van der Waals surface area contributed by atoms with E-state index >= 15 is 0 Å². The van der Waals surface area contributed by atoms with Crippen LogP contribution in [-0.2, 0) is 13.2 Å². The van der Waals surface area contributed by atoms with Crippen molar-refractivity contribution in [3.05, 3.63) is 41.9 Å². The van der Waals surface area contributed by atoms with Crippen LogP contribution in [0.3, 0.4) is 0 Å². The number of nitrogens with zero attached hydrogens (tertiary/aromatic N) is 5. The number of aromatic nitrogens is 4. The molecule has 1 amide bonds. The topological polar surface area (TPSA) is 79.5 Å². The maximum atomic E-state index is 13.2. The molecule has 0 radical (unpaired) electrons. The highest BCUT2D eigenvalue weighted by Crippen LogP contribution is 2.34. The molecular formula is C19H20F3N7O. The zero-order valence-electron chi connectivity index (χ0n) is 16.1. The molecule has 0 saturated carbocycles. The lowest BCUT2D eigenvalue weighted by molar-refractivity contribution is -0.140. The molecule has 2 aliphatic heterocycles. The van der Waals surface area contributed by atoms with Gasteiger partial charge in [0, 0.05) is 32.4 Å². The maximum Gasteiger partial charge on any atom is 0.437 e. The van der Waals surface area contributed by atoms with E-state index in [4.69, 9.17) is 0 Å². The first-order valence-electron chi connectivity index (χ1n) is 9.68. The van der Waals surface area contributed by atoms with Crippen molar-refractivity contribution in [1.82, 2.24) is 24.7 Å². The molecule has 158 valence electrons. The molecule has 8 nitrogen and oxygen atoms in total. The smallest absolute Gasteiger partial charge is 0.351 e. The number of aryl methyl sites for hydroxylation is 1. The van der Waals surface area contributed by atoms with Crippen LogP contribution in [0.25, 0.3) is 5.52 Å². The number of anilines is 2. The summed E-state index contributed by atoms with van der Waals surface area (Å²) in [6.45, 7) is 2.76. The fourth-order valence-corrected chi connectivity index (χ4v) is 4.37. The van der Waals surface area contributed by atoms with Crippen molar-refractivity contribution in [3.8, 4) is 0 Å². The molecule has 2 atom stereocenters. The lowest BCUT2D eigenvalue weighted by atomic mass is 10.0. The maximum absolute atomic E-state index is 13.2. The van der Waals surface area contributed by atoms with Crippen LogP contribution in [0, 0.1) is 5.92 Å². The average Bonchev–Trinajstić information content (AvgIpc) is 3.36. The van der Waals surface area contributed by atoms with Crippen molar-refractivity contribution >= 4 is 22.9 Å². The number of amides is 1. The van der Waals surface area contributed by atoms with Gasteiger partial charge < -0.3 is 15.5 Å². The Morgan fingerprint density at radius 3 is 2.77 bits per heavy atom. The Morgan fingerprint density at radius 1 is 1.20 bits per heavy atom. The van der Waals surface area contributed by atoms with Crippen LogP contribution in [0.5, 0.6) is 0 Å². The number of halogens is 3. The first-order valence-corrected chi connectivity index (χ1v) is 9.68. The molecule has 2 fully saturated rings. The van der Waals surface area contributed by atoms with Gasteiger partial charge >= 0.3 is 6.18 Å². The quantitative estimate of drug-likeness (QED) is 0.680. The lowest BCUT2D eigenvalue weighted by Crippen LogP contribution is -2.39. The second kappa shape index (κ2) is 6.73. The molecule has 30 heavy (non-hydrogen) atoms. The molecule has 2 aliphatic rings. The molecule has 2 saturated heterocycles. The largest absolute Gasteiger partial charge is 0.437 e. The van der Waals surface area contributed by atoms with Gasteiger partial charge in [0.25, 0.3) is 5.91 Å². The zero-order chi connectivity index (χ0) is 21.0. The minimum atomic E-state index is -4.67. The van der Waals surface area contributed by atoms with Gasteiger partial charge in [0.1, 0.15) is 11.5 Å². The first kappa shape index (κ1) is 18.9. The molecule has 2 unspecified atom stereocenters. The van der Waals surface area contributed by atoms with Crippen LogP contribution in [-0.4, -0.2) is 51.0 Å². The van der Waals surface area contributed by atoms with Crippen molar-refractivity contribution in [3.63, 3.8) is 0 Å². The minimum absolute atomic E-state index is 0.157. The number of carbonyl (C=O) groups excluding carboxylic acids is 1. The summed E-state index contributed by atoms with van der Waals surface area (Å²) in [4.78, 5) is 15.0. The number of carbonyl (C=O) groups is 1. The Morgan fingerprint density at radius 2 is 2.00 bits per heavy atom. The molecule has 0 aromatic carbocycles. The minimum Gasteiger partial charge on any atom is -0.351 e. The van der Waals surface area contributed by atoms with Gasteiger partial charge in [-0.15, -0.1) is 5.10 Å². The number of rotatable bonds is 3. The first-order chi connectivity index (χ1) is 14.3. The van der Waals surface area contributed by atoms with Crippen molar-refractivity contribution < 1.29 is 18.0 Å². The fraction of sp³-hybridized carbons (Fsp3) is 0.421. The van der Waals surface area contributed by atoms with Crippen LogP contribution in [0.2, 0.25) is 0 Å². The van der Waals surface area contributed by atoms with Crippen molar-refractivity contribution in [1.29, 1.82) is 0 Å². The van der Waals surface area contributed by atoms with Crippen LogP contribution in [0.4, 0.5) is 24.7 Å². The van der Waals surface area contributed by atoms with Crippen molar-refractivity contribution in [2.45, 2.75) is 18.6 Å². The van der Waals surface area contributed by atoms with E-state index in [2.05, 4.69) is 25.7 Å². The number of alkyl halides is 3. The van der Waals surface area contributed by atoms with E-state index in [-0.39, 0.29) is 11.4 Å².